The summed E-state index contributed by atoms with van der Waals surface area (Å²) in [6.45, 7) is 12.4. The van der Waals surface area contributed by atoms with Gasteiger partial charge in [0.05, 0.1) is 12.1 Å². The van der Waals surface area contributed by atoms with Crippen LogP contribution in [-0.4, -0.2) is 31.1 Å². The van der Waals surface area contributed by atoms with E-state index in [-0.39, 0.29) is 5.54 Å². The minimum Gasteiger partial charge on any atom is -0.493 e. The first kappa shape index (κ1) is 16.3. The van der Waals surface area contributed by atoms with Crippen LogP contribution < -0.4 is 10.5 Å². The van der Waals surface area contributed by atoms with Gasteiger partial charge in [0.2, 0.25) is 0 Å². The number of nitrogens with zero attached hydrogens (tertiary/aromatic N) is 1. The molecule has 0 aromatic heterocycles. The maximum absolute atomic E-state index is 6.30. The highest BCUT2D eigenvalue weighted by Gasteiger charge is 2.39. The predicted octanol–water partition coefficient (Wildman–Crippen LogP) is 3.48. The van der Waals surface area contributed by atoms with Gasteiger partial charge in [-0.3, -0.25) is 4.90 Å². The molecule has 21 heavy (non-hydrogen) atoms. The molecule has 3 heteroatoms. The van der Waals surface area contributed by atoms with Crippen LogP contribution in [0.1, 0.15) is 57.6 Å². The summed E-state index contributed by atoms with van der Waals surface area (Å²) in [7, 11) is 0. The van der Waals surface area contributed by atoms with Gasteiger partial charge in [0.15, 0.2) is 0 Å². The molecule has 1 unspecified atom stereocenters. The lowest BCUT2D eigenvalue weighted by atomic mass is 9.81. The number of rotatable bonds is 5. The van der Waals surface area contributed by atoms with Gasteiger partial charge in [0.25, 0.3) is 0 Å². The first-order valence-corrected chi connectivity index (χ1v) is 8.31. The molecule has 0 saturated carbocycles. The highest BCUT2D eigenvalue weighted by atomic mass is 16.5. The lowest BCUT2D eigenvalue weighted by molar-refractivity contribution is 0.0952. The Morgan fingerprint density at radius 3 is 2.57 bits per heavy atom. The second-order valence-corrected chi connectivity index (χ2v) is 6.27. The fraction of sp³-hybridized carbons (Fsp3) is 0.667. The second kappa shape index (κ2) is 6.80. The molecule has 0 saturated heterocycles. The molecule has 1 aliphatic heterocycles. The third kappa shape index (κ3) is 2.95. The first-order chi connectivity index (χ1) is 10.1. The van der Waals surface area contributed by atoms with Crippen molar-refractivity contribution in [2.45, 2.75) is 52.0 Å². The number of likely N-dealkylation sites (N-methyl/N-ethyl adjacent to an activating group) is 1. The molecule has 0 fully saturated rings. The zero-order chi connectivity index (χ0) is 15.5. The van der Waals surface area contributed by atoms with Gasteiger partial charge in [-0.1, -0.05) is 33.8 Å². The highest BCUT2D eigenvalue weighted by Crippen LogP contribution is 2.41. The molecule has 0 amide bonds. The van der Waals surface area contributed by atoms with Crippen molar-refractivity contribution in [1.29, 1.82) is 0 Å². The Bertz CT molecular complexity index is 468. The van der Waals surface area contributed by atoms with Crippen molar-refractivity contribution in [3.63, 3.8) is 0 Å². The molecule has 1 atom stereocenters. The molecule has 118 valence electrons. The summed E-state index contributed by atoms with van der Waals surface area (Å²) in [5.41, 5.74) is 8.87. The summed E-state index contributed by atoms with van der Waals surface area (Å²) in [6.07, 6.45) is 2.12. The molecule has 0 aliphatic carbocycles. The van der Waals surface area contributed by atoms with Crippen molar-refractivity contribution in [3.05, 3.63) is 29.3 Å². The molecule has 0 radical (unpaired) electrons. The number of ether oxygens (including phenoxy) is 1. The van der Waals surface area contributed by atoms with E-state index in [1.807, 2.05) is 0 Å². The Balaban J connectivity index is 2.59. The Morgan fingerprint density at radius 2 is 2.00 bits per heavy atom. The zero-order valence-corrected chi connectivity index (χ0v) is 14.0. The van der Waals surface area contributed by atoms with E-state index in [9.17, 15) is 0 Å². The summed E-state index contributed by atoms with van der Waals surface area (Å²) in [5, 5.41) is 0. The lowest BCUT2D eigenvalue weighted by Crippen LogP contribution is -2.51. The molecule has 2 N–H and O–H groups in total. The van der Waals surface area contributed by atoms with Crippen molar-refractivity contribution < 1.29 is 4.74 Å². The highest BCUT2D eigenvalue weighted by molar-refractivity contribution is 5.44. The Kier molecular flexibility index (Phi) is 5.28. The molecular weight excluding hydrogens is 260 g/mol. The number of hydrogen-bond acceptors (Lipinski definition) is 3. The summed E-state index contributed by atoms with van der Waals surface area (Å²) in [4.78, 5) is 2.50. The van der Waals surface area contributed by atoms with E-state index >= 15 is 0 Å². The summed E-state index contributed by atoms with van der Waals surface area (Å²) in [6, 6.07) is 6.67. The molecule has 1 aromatic rings. The Morgan fingerprint density at radius 1 is 1.29 bits per heavy atom. The average Bonchev–Trinajstić information content (AvgIpc) is 2.68. The van der Waals surface area contributed by atoms with Gasteiger partial charge in [-0.25, -0.2) is 0 Å². The maximum atomic E-state index is 6.30. The van der Waals surface area contributed by atoms with Crippen LogP contribution in [0.3, 0.4) is 0 Å². The smallest absolute Gasteiger partial charge is 0.124 e. The maximum Gasteiger partial charge on any atom is 0.124 e. The molecule has 1 aromatic carbocycles. The van der Waals surface area contributed by atoms with E-state index in [4.69, 9.17) is 10.5 Å². The van der Waals surface area contributed by atoms with E-state index in [0.717, 1.165) is 38.3 Å². The van der Waals surface area contributed by atoms with Crippen molar-refractivity contribution in [2.75, 3.05) is 26.2 Å². The predicted molar refractivity (Wildman–Crippen MR) is 88.9 cm³/mol. The normalized spacial score (nSPS) is 22.0. The van der Waals surface area contributed by atoms with Crippen molar-refractivity contribution in [1.82, 2.24) is 4.90 Å². The molecular formula is C18H30N2O. The van der Waals surface area contributed by atoms with Crippen LogP contribution in [0, 0.1) is 0 Å². The topological polar surface area (TPSA) is 38.5 Å². The fourth-order valence-electron chi connectivity index (χ4n) is 3.58. The van der Waals surface area contributed by atoms with E-state index in [1.165, 1.54) is 11.1 Å². The van der Waals surface area contributed by atoms with Crippen LogP contribution in [0.4, 0.5) is 0 Å². The second-order valence-electron chi connectivity index (χ2n) is 6.27. The molecule has 0 spiro atoms. The lowest BCUT2D eigenvalue weighted by Gasteiger charge is -2.43. The Hall–Kier alpha value is -1.06. The zero-order valence-electron chi connectivity index (χ0n) is 14.0. The SMILES string of the molecule is CCN(CC)C1(CN)CCCOc2ccc(C(C)C)cc21. The van der Waals surface area contributed by atoms with Crippen molar-refractivity contribution in [3.8, 4) is 5.75 Å². The van der Waals surface area contributed by atoms with Gasteiger partial charge in [-0.2, -0.15) is 0 Å². The van der Waals surface area contributed by atoms with Crippen LogP contribution in [-0.2, 0) is 5.54 Å². The van der Waals surface area contributed by atoms with Crippen molar-refractivity contribution >= 4 is 0 Å². The minimum absolute atomic E-state index is 0.0831. The van der Waals surface area contributed by atoms with Gasteiger partial charge >= 0.3 is 0 Å². The van der Waals surface area contributed by atoms with Gasteiger partial charge in [-0.05, 0) is 49.5 Å². The molecule has 3 nitrogen and oxygen atoms in total. The molecule has 0 bridgehead atoms. The molecule has 1 heterocycles. The van der Waals surface area contributed by atoms with Gasteiger partial charge in [0, 0.05) is 12.1 Å². The van der Waals surface area contributed by atoms with Crippen LogP contribution in [0.15, 0.2) is 18.2 Å². The van der Waals surface area contributed by atoms with Crippen LogP contribution in [0.5, 0.6) is 5.75 Å². The summed E-state index contributed by atoms with van der Waals surface area (Å²) >= 11 is 0. The molecule has 2 rings (SSSR count). The number of benzene rings is 1. The third-order valence-corrected chi connectivity index (χ3v) is 4.87. The summed E-state index contributed by atoms with van der Waals surface area (Å²) in [5.74, 6) is 1.54. The monoisotopic (exact) mass is 290 g/mol. The van der Waals surface area contributed by atoms with E-state index in [2.05, 4.69) is 50.8 Å². The minimum atomic E-state index is -0.0831. The largest absolute Gasteiger partial charge is 0.493 e. The van der Waals surface area contributed by atoms with Crippen molar-refractivity contribution in [2.24, 2.45) is 5.73 Å². The van der Waals surface area contributed by atoms with Crippen LogP contribution >= 0.6 is 0 Å². The first-order valence-electron chi connectivity index (χ1n) is 8.31. The van der Waals surface area contributed by atoms with Gasteiger partial charge < -0.3 is 10.5 Å². The van der Waals surface area contributed by atoms with E-state index in [0.29, 0.717) is 12.5 Å². The average molecular weight is 290 g/mol. The standard InChI is InChI=1S/C18H30N2O/c1-5-20(6-2)18(13-19)10-7-11-21-17-9-8-15(14(3)4)12-16(17)18/h8-9,12,14H,5-7,10-11,13,19H2,1-4H3. The van der Waals surface area contributed by atoms with Crippen LogP contribution in [0.2, 0.25) is 0 Å². The van der Waals surface area contributed by atoms with Gasteiger partial charge in [0.1, 0.15) is 5.75 Å². The number of nitrogens with two attached hydrogens (primary N) is 1. The summed E-state index contributed by atoms with van der Waals surface area (Å²) < 4.78 is 6.00. The fourth-order valence-corrected chi connectivity index (χ4v) is 3.58. The quantitative estimate of drug-likeness (QED) is 0.902. The van der Waals surface area contributed by atoms with E-state index in [1.54, 1.807) is 0 Å². The third-order valence-electron chi connectivity index (χ3n) is 4.87. The van der Waals surface area contributed by atoms with Crippen LogP contribution in [0.25, 0.3) is 0 Å². The van der Waals surface area contributed by atoms with Gasteiger partial charge in [-0.15, -0.1) is 0 Å². The van der Waals surface area contributed by atoms with E-state index < -0.39 is 0 Å². The molecule has 1 aliphatic rings. The Labute approximate surface area is 129 Å². The number of hydrogen-bond donors (Lipinski definition) is 1. The number of fused-ring (bicyclic) bond motifs is 1.